The van der Waals surface area contributed by atoms with E-state index >= 15 is 0 Å². The molecule has 2 aromatic heterocycles. The molecule has 3 aromatic rings. The molecule has 21 heavy (non-hydrogen) atoms. The predicted molar refractivity (Wildman–Crippen MR) is 75.5 cm³/mol. The van der Waals surface area contributed by atoms with Crippen molar-refractivity contribution in [3.8, 4) is 5.95 Å². The highest BCUT2D eigenvalue weighted by atomic mass is 32.2. The van der Waals surface area contributed by atoms with E-state index in [1.54, 1.807) is 18.5 Å². The molecule has 0 unspecified atom stereocenters. The number of hydrogen-bond donors (Lipinski definition) is 1. The third-order valence-corrected chi connectivity index (χ3v) is 5.34. The lowest BCUT2D eigenvalue weighted by Gasteiger charge is -2.08. The van der Waals surface area contributed by atoms with Gasteiger partial charge in [0.05, 0.1) is 16.3 Å². The number of aromatic amines is 1. The van der Waals surface area contributed by atoms with Crippen molar-refractivity contribution in [2.75, 3.05) is 0 Å². The second-order valence-electron chi connectivity index (χ2n) is 4.90. The number of benzene rings is 1. The normalized spacial score (nSPS) is 12.4. The van der Waals surface area contributed by atoms with Gasteiger partial charge < -0.3 is 4.98 Å². The third kappa shape index (κ3) is 2.21. The number of H-pyrrole nitrogens is 1. The van der Waals surface area contributed by atoms with Gasteiger partial charge in [0.25, 0.3) is 0 Å². The highest BCUT2D eigenvalue weighted by molar-refractivity contribution is 7.92. The lowest BCUT2D eigenvalue weighted by molar-refractivity contribution is 0.562. The molecule has 0 fully saturated rings. The summed E-state index contributed by atoms with van der Waals surface area (Å²) in [5.41, 5.74) is 0.793. The maximum atomic E-state index is 14.1. The van der Waals surface area contributed by atoms with E-state index in [0.717, 1.165) is 6.07 Å². The molecule has 3 rings (SSSR count). The van der Waals surface area contributed by atoms with Crippen LogP contribution in [-0.2, 0) is 9.84 Å². The molecular weight excluding hydrogens is 295 g/mol. The fourth-order valence-electron chi connectivity index (χ4n) is 1.97. The van der Waals surface area contributed by atoms with Gasteiger partial charge in [0.2, 0.25) is 5.95 Å². The Morgan fingerprint density at radius 2 is 2.10 bits per heavy atom. The SMILES string of the molecule is CC(C)S(=O)(=O)c1cc2nc(-n3cccn3)[nH]c2cc1F. The van der Waals surface area contributed by atoms with E-state index in [1.807, 2.05) is 0 Å². The first-order chi connectivity index (χ1) is 9.89. The molecule has 0 bridgehead atoms. The summed E-state index contributed by atoms with van der Waals surface area (Å²) in [5.74, 6) is -0.389. The molecule has 0 amide bonds. The standard InChI is InChI=1S/C13H13FN4O2S/c1-8(2)21(19,20)12-7-11-10(6-9(12)14)16-13(17-11)18-5-3-4-15-18/h3-8H,1-2H3,(H,16,17). The molecule has 110 valence electrons. The summed E-state index contributed by atoms with van der Waals surface area (Å²) in [5, 5.41) is 3.31. The number of aromatic nitrogens is 4. The van der Waals surface area contributed by atoms with Crippen LogP contribution < -0.4 is 0 Å². The average Bonchev–Trinajstić information content (AvgIpc) is 3.05. The Kier molecular flexibility index (Phi) is 3.05. The quantitative estimate of drug-likeness (QED) is 0.803. The smallest absolute Gasteiger partial charge is 0.229 e. The Labute approximate surface area is 120 Å². The van der Waals surface area contributed by atoms with Gasteiger partial charge in [-0.2, -0.15) is 5.10 Å². The van der Waals surface area contributed by atoms with Gasteiger partial charge in [-0.25, -0.2) is 22.5 Å². The van der Waals surface area contributed by atoms with Gasteiger partial charge in [0.1, 0.15) is 10.7 Å². The Balaban J connectivity index is 2.20. The van der Waals surface area contributed by atoms with Crippen LogP contribution in [0.4, 0.5) is 4.39 Å². The fraction of sp³-hybridized carbons (Fsp3) is 0.231. The van der Waals surface area contributed by atoms with Gasteiger partial charge in [-0.05, 0) is 26.0 Å². The molecule has 6 nitrogen and oxygen atoms in total. The molecule has 0 aliphatic heterocycles. The highest BCUT2D eigenvalue weighted by Gasteiger charge is 2.24. The van der Waals surface area contributed by atoms with Crippen LogP contribution in [0.2, 0.25) is 0 Å². The van der Waals surface area contributed by atoms with Crippen LogP contribution in [-0.4, -0.2) is 33.4 Å². The second-order valence-corrected chi connectivity index (χ2v) is 7.38. The highest BCUT2D eigenvalue weighted by Crippen LogP contribution is 2.25. The minimum Gasteiger partial charge on any atom is -0.322 e. The summed E-state index contributed by atoms with van der Waals surface area (Å²) in [4.78, 5) is 6.81. The van der Waals surface area contributed by atoms with Crippen LogP contribution in [0.15, 0.2) is 35.5 Å². The average molecular weight is 308 g/mol. The first kappa shape index (κ1) is 13.7. The van der Waals surface area contributed by atoms with E-state index in [4.69, 9.17) is 0 Å². The monoisotopic (exact) mass is 308 g/mol. The summed E-state index contributed by atoms with van der Waals surface area (Å²) in [6.45, 7) is 3.03. The van der Waals surface area contributed by atoms with Crippen molar-refractivity contribution in [2.45, 2.75) is 24.0 Å². The third-order valence-electron chi connectivity index (χ3n) is 3.17. The van der Waals surface area contributed by atoms with Gasteiger partial charge >= 0.3 is 0 Å². The Morgan fingerprint density at radius 3 is 2.71 bits per heavy atom. The zero-order valence-corrected chi connectivity index (χ0v) is 12.2. The van der Waals surface area contributed by atoms with Crippen LogP contribution in [0, 0.1) is 5.82 Å². The number of nitrogens with one attached hydrogen (secondary N) is 1. The molecule has 1 aromatic carbocycles. The van der Waals surface area contributed by atoms with Crippen LogP contribution in [0.3, 0.4) is 0 Å². The van der Waals surface area contributed by atoms with Crippen LogP contribution in [0.5, 0.6) is 0 Å². The number of imidazole rings is 1. The van der Waals surface area contributed by atoms with E-state index in [0.29, 0.717) is 17.0 Å². The lowest BCUT2D eigenvalue weighted by atomic mass is 10.3. The minimum absolute atomic E-state index is 0.330. The lowest BCUT2D eigenvalue weighted by Crippen LogP contribution is -2.15. The molecular formula is C13H13FN4O2S. The van der Waals surface area contributed by atoms with Crippen molar-refractivity contribution in [1.29, 1.82) is 0 Å². The first-order valence-corrected chi connectivity index (χ1v) is 7.87. The first-order valence-electron chi connectivity index (χ1n) is 6.33. The molecule has 0 aliphatic carbocycles. The fourth-order valence-corrected chi connectivity index (χ4v) is 3.09. The van der Waals surface area contributed by atoms with Crippen molar-refractivity contribution < 1.29 is 12.8 Å². The zero-order valence-electron chi connectivity index (χ0n) is 11.4. The molecule has 0 saturated carbocycles. The number of hydrogen-bond acceptors (Lipinski definition) is 4. The molecule has 0 aliphatic rings. The summed E-state index contributed by atoms with van der Waals surface area (Å²) in [7, 11) is -3.69. The van der Waals surface area contributed by atoms with Crippen molar-refractivity contribution in [1.82, 2.24) is 19.7 Å². The maximum Gasteiger partial charge on any atom is 0.229 e. The molecule has 8 heteroatoms. The van der Waals surface area contributed by atoms with Crippen molar-refractivity contribution in [3.05, 3.63) is 36.4 Å². The van der Waals surface area contributed by atoms with E-state index in [1.165, 1.54) is 24.6 Å². The van der Waals surface area contributed by atoms with Crippen molar-refractivity contribution >= 4 is 20.9 Å². The molecule has 0 atom stereocenters. The van der Waals surface area contributed by atoms with Gasteiger partial charge in [-0.1, -0.05) is 0 Å². The van der Waals surface area contributed by atoms with E-state index in [-0.39, 0.29) is 4.90 Å². The van der Waals surface area contributed by atoms with E-state index in [2.05, 4.69) is 15.1 Å². The number of fused-ring (bicyclic) bond motifs is 1. The second kappa shape index (κ2) is 4.66. The minimum atomic E-state index is -3.69. The molecule has 0 spiro atoms. The van der Waals surface area contributed by atoms with E-state index in [9.17, 15) is 12.8 Å². The van der Waals surface area contributed by atoms with Crippen LogP contribution in [0.1, 0.15) is 13.8 Å². The van der Waals surface area contributed by atoms with Gasteiger partial charge in [-0.3, -0.25) is 0 Å². The molecule has 0 saturated heterocycles. The molecule has 1 N–H and O–H groups in total. The molecule has 2 heterocycles. The van der Waals surface area contributed by atoms with Gasteiger partial charge in [0.15, 0.2) is 9.84 Å². The Bertz CT molecular complexity index is 898. The van der Waals surface area contributed by atoms with Crippen molar-refractivity contribution in [3.63, 3.8) is 0 Å². The zero-order chi connectivity index (χ0) is 15.2. The Hall–Kier alpha value is -2.22. The van der Waals surface area contributed by atoms with Crippen LogP contribution >= 0.6 is 0 Å². The summed E-state index contributed by atoms with van der Waals surface area (Å²) >= 11 is 0. The summed E-state index contributed by atoms with van der Waals surface area (Å²) in [6, 6.07) is 4.12. The summed E-state index contributed by atoms with van der Waals surface area (Å²) < 4.78 is 39.8. The van der Waals surface area contributed by atoms with Gasteiger partial charge in [-0.15, -0.1) is 0 Å². The van der Waals surface area contributed by atoms with Crippen LogP contribution in [0.25, 0.3) is 17.0 Å². The predicted octanol–water partition coefficient (Wildman–Crippen LogP) is 2.07. The topological polar surface area (TPSA) is 80.6 Å². The maximum absolute atomic E-state index is 14.1. The number of rotatable bonds is 3. The summed E-state index contributed by atoms with van der Waals surface area (Å²) in [6.07, 6.45) is 3.27. The number of nitrogens with zero attached hydrogens (tertiary/aromatic N) is 3. The Morgan fingerprint density at radius 1 is 1.33 bits per heavy atom. The molecule has 0 radical (unpaired) electrons. The van der Waals surface area contributed by atoms with E-state index < -0.39 is 20.9 Å². The van der Waals surface area contributed by atoms with Gasteiger partial charge in [0, 0.05) is 18.5 Å². The van der Waals surface area contributed by atoms with Crippen molar-refractivity contribution in [2.24, 2.45) is 0 Å². The largest absolute Gasteiger partial charge is 0.322 e. The number of halogens is 1. The number of sulfone groups is 1.